The Bertz CT molecular complexity index is 402. The van der Waals surface area contributed by atoms with Gasteiger partial charge < -0.3 is 9.47 Å². The number of hydrogen-bond acceptors (Lipinski definition) is 3. The molecule has 0 spiro atoms. The van der Waals surface area contributed by atoms with Crippen LogP contribution in [0.4, 0.5) is 4.79 Å². The van der Waals surface area contributed by atoms with Crippen molar-refractivity contribution in [3.05, 3.63) is 48.0 Å². The zero-order chi connectivity index (χ0) is 12.1. The monoisotopic (exact) mass is 233 g/mol. The van der Waals surface area contributed by atoms with E-state index in [0.29, 0.717) is 6.54 Å². The predicted molar refractivity (Wildman–Crippen MR) is 63.3 cm³/mol. The summed E-state index contributed by atoms with van der Waals surface area (Å²) in [5.41, 5.74) is 0.974. The highest BCUT2D eigenvalue weighted by Gasteiger charge is 2.25. The lowest BCUT2D eigenvalue weighted by Crippen LogP contribution is -2.37. The third-order valence-electron chi connectivity index (χ3n) is 2.59. The van der Waals surface area contributed by atoms with Crippen LogP contribution in [0.25, 0.3) is 0 Å². The second kappa shape index (κ2) is 5.50. The number of nitrogens with zero attached hydrogens (tertiary/aromatic N) is 1. The molecule has 0 saturated carbocycles. The number of rotatable bonds is 3. The van der Waals surface area contributed by atoms with E-state index < -0.39 is 0 Å². The lowest BCUT2D eigenvalue weighted by Gasteiger charge is -2.22. The van der Waals surface area contributed by atoms with Crippen LogP contribution in [0.15, 0.2) is 42.5 Å². The Morgan fingerprint density at radius 2 is 2.18 bits per heavy atom. The molecule has 17 heavy (non-hydrogen) atoms. The maximum atomic E-state index is 11.8. The average Bonchev–Trinajstić information content (AvgIpc) is 2.85. The van der Waals surface area contributed by atoms with Crippen molar-refractivity contribution >= 4 is 6.09 Å². The molecule has 90 valence electrons. The summed E-state index contributed by atoms with van der Waals surface area (Å²) in [5, 5.41) is 0. The lowest BCUT2D eigenvalue weighted by atomic mass is 10.2. The van der Waals surface area contributed by atoms with E-state index in [2.05, 4.69) is 0 Å². The van der Waals surface area contributed by atoms with Crippen molar-refractivity contribution in [2.45, 2.75) is 12.8 Å². The largest absolute Gasteiger partial charge is 0.444 e. The van der Waals surface area contributed by atoms with Gasteiger partial charge in [0.2, 0.25) is 0 Å². The molecule has 0 fully saturated rings. The minimum atomic E-state index is -0.356. The number of carbonyl (C=O) groups is 1. The molecule has 0 N–H and O–H groups in total. The second-order valence-electron chi connectivity index (χ2n) is 3.75. The molecule has 0 aliphatic carbocycles. The first-order chi connectivity index (χ1) is 8.31. The normalized spacial score (nSPS) is 18.4. The number of benzene rings is 1. The molecule has 1 aliphatic rings. The summed E-state index contributed by atoms with van der Waals surface area (Å²) in [5.74, 6) is 0. The van der Waals surface area contributed by atoms with E-state index in [4.69, 9.17) is 9.47 Å². The summed E-state index contributed by atoms with van der Waals surface area (Å²) in [6.07, 6.45) is 3.06. The number of hydrogen-bond donors (Lipinski definition) is 0. The van der Waals surface area contributed by atoms with Gasteiger partial charge in [0.15, 0.2) is 6.23 Å². The standard InChI is InChI=1S/C13H15NO3/c1-16-12-8-5-9-14(12)13(15)17-10-11-6-3-2-4-7-11/h2-8,12H,9-10H2,1H3. The van der Waals surface area contributed by atoms with Crippen LogP contribution in [-0.4, -0.2) is 30.9 Å². The third-order valence-corrected chi connectivity index (χ3v) is 2.59. The van der Waals surface area contributed by atoms with Crippen molar-refractivity contribution in [3.63, 3.8) is 0 Å². The molecule has 1 heterocycles. The molecule has 1 aromatic carbocycles. The molecule has 2 rings (SSSR count). The molecule has 4 heteroatoms. The van der Waals surface area contributed by atoms with E-state index in [0.717, 1.165) is 5.56 Å². The number of ether oxygens (including phenoxy) is 2. The van der Waals surface area contributed by atoms with Crippen LogP contribution in [0.3, 0.4) is 0 Å². The van der Waals surface area contributed by atoms with Gasteiger partial charge >= 0.3 is 6.09 Å². The summed E-state index contributed by atoms with van der Waals surface area (Å²) < 4.78 is 10.3. The summed E-state index contributed by atoms with van der Waals surface area (Å²) in [6, 6.07) is 9.60. The van der Waals surface area contributed by atoms with Crippen molar-refractivity contribution in [2.24, 2.45) is 0 Å². The topological polar surface area (TPSA) is 38.8 Å². The van der Waals surface area contributed by atoms with E-state index in [-0.39, 0.29) is 18.9 Å². The van der Waals surface area contributed by atoms with Crippen molar-refractivity contribution in [1.29, 1.82) is 0 Å². The molecule has 0 saturated heterocycles. The molecule has 1 aliphatic heterocycles. The fraction of sp³-hybridized carbons (Fsp3) is 0.308. The fourth-order valence-electron chi connectivity index (χ4n) is 1.69. The highest BCUT2D eigenvalue weighted by molar-refractivity contribution is 5.69. The molecular formula is C13H15NO3. The highest BCUT2D eigenvalue weighted by Crippen LogP contribution is 2.12. The first-order valence-electron chi connectivity index (χ1n) is 5.48. The quantitative estimate of drug-likeness (QED) is 0.751. The van der Waals surface area contributed by atoms with E-state index in [1.807, 2.05) is 42.5 Å². The molecule has 1 aromatic rings. The van der Waals surface area contributed by atoms with Gasteiger partial charge in [-0.25, -0.2) is 4.79 Å². The van der Waals surface area contributed by atoms with Crippen LogP contribution >= 0.6 is 0 Å². The SMILES string of the molecule is COC1C=CCN1C(=O)OCc1ccccc1. The Morgan fingerprint density at radius 3 is 2.88 bits per heavy atom. The molecule has 4 nitrogen and oxygen atoms in total. The fourth-order valence-corrected chi connectivity index (χ4v) is 1.69. The predicted octanol–water partition coefficient (Wildman–Crippen LogP) is 2.17. The number of methoxy groups -OCH3 is 1. The van der Waals surface area contributed by atoms with E-state index in [1.165, 1.54) is 4.90 Å². The summed E-state index contributed by atoms with van der Waals surface area (Å²) in [4.78, 5) is 13.3. The van der Waals surface area contributed by atoms with Gasteiger partial charge in [0.1, 0.15) is 6.61 Å². The maximum Gasteiger partial charge on any atom is 0.412 e. The lowest BCUT2D eigenvalue weighted by molar-refractivity contribution is 0.00987. The average molecular weight is 233 g/mol. The van der Waals surface area contributed by atoms with Crippen LogP contribution in [0, 0.1) is 0 Å². The smallest absolute Gasteiger partial charge is 0.412 e. The summed E-state index contributed by atoms with van der Waals surface area (Å²) in [7, 11) is 1.57. The van der Waals surface area contributed by atoms with Crippen LogP contribution in [0.1, 0.15) is 5.56 Å². The second-order valence-corrected chi connectivity index (χ2v) is 3.75. The van der Waals surface area contributed by atoms with Gasteiger partial charge in [0.05, 0.1) is 0 Å². The van der Waals surface area contributed by atoms with Gasteiger partial charge in [-0.15, -0.1) is 0 Å². The molecule has 0 aromatic heterocycles. The summed E-state index contributed by atoms with van der Waals surface area (Å²) in [6.45, 7) is 0.818. The van der Waals surface area contributed by atoms with E-state index in [9.17, 15) is 4.79 Å². The van der Waals surface area contributed by atoms with E-state index in [1.54, 1.807) is 7.11 Å². The highest BCUT2D eigenvalue weighted by atomic mass is 16.6. The van der Waals surface area contributed by atoms with Gasteiger partial charge in [-0.2, -0.15) is 0 Å². The Hall–Kier alpha value is -1.81. The summed E-state index contributed by atoms with van der Waals surface area (Å²) >= 11 is 0. The van der Waals surface area contributed by atoms with Crippen LogP contribution in [-0.2, 0) is 16.1 Å². The molecule has 0 bridgehead atoms. The molecule has 1 amide bonds. The molecular weight excluding hydrogens is 218 g/mol. The van der Waals surface area contributed by atoms with Gasteiger partial charge in [-0.3, -0.25) is 4.90 Å². The van der Waals surface area contributed by atoms with Crippen molar-refractivity contribution in [1.82, 2.24) is 4.90 Å². The van der Waals surface area contributed by atoms with Gasteiger partial charge in [-0.05, 0) is 11.6 Å². The minimum absolute atomic E-state index is 0.284. The Kier molecular flexibility index (Phi) is 3.77. The Morgan fingerprint density at radius 1 is 1.41 bits per heavy atom. The zero-order valence-electron chi connectivity index (χ0n) is 9.70. The number of carbonyl (C=O) groups excluding carboxylic acids is 1. The van der Waals surface area contributed by atoms with Crippen LogP contribution in [0.2, 0.25) is 0 Å². The van der Waals surface area contributed by atoms with Crippen LogP contribution < -0.4 is 0 Å². The van der Waals surface area contributed by atoms with Crippen LogP contribution in [0.5, 0.6) is 0 Å². The zero-order valence-corrected chi connectivity index (χ0v) is 9.70. The Balaban J connectivity index is 1.86. The molecule has 0 radical (unpaired) electrons. The first-order valence-corrected chi connectivity index (χ1v) is 5.48. The van der Waals surface area contributed by atoms with Crippen molar-refractivity contribution in [3.8, 4) is 0 Å². The van der Waals surface area contributed by atoms with E-state index >= 15 is 0 Å². The first kappa shape index (κ1) is 11.7. The third kappa shape index (κ3) is 2.85. The van der Waals surface area contributed by atoms with Gasteiger partial charge in [0.25, 0.3) is 0 Å². The van der Waals surface area contributed by atoms with Crippen molar-refractivity contribution < 1.29 is 14.3 Å². The number of amides is 1. The minimum Gasteiger partial charge on any atom is -0.444 e. The van der Waals surface area contributed by atoms with Gasteiger partial charge in [0, 0.05) is 13.7 Å². The van der Waals surface area contributed by atoms with Gasteiger partial charge in [-0.1, -0.05) is 36.4 Å². The maximum absolute atomic E-state index is 11.8. The Labute approximate surface area is 100 Å². The molecule has 1 atom stereocenters. The molecule has 1 unspecified atom stereocenters. The van der Waals surface area contributed by atoms with Crippen molar-refractivity contribution in [2.75, 3.05) is 13.7 Å².